The molecule has 0 spiro atoms. The number of hydrogen-bond donors (Lipinski definition) is 1. The van der Waals surface area contributed by atoms with Gasteiger partial charge in [-0.2, -0.15) is 0 Å². The number of fused-ring (bicyclic) bond motifs is 3. The molecule has 3 heterocycles. The first-order valence-corrected chi connectivity index (χ1v) is 12.3. The van der Waals surface area contributed by atoms with E-state index in [1.54, 1.807) is 11.3 Å². The number of thioether (sulfide) groups is 1. The smallest absolute Gasteiger partial charge is 0.260 e. The lowest BCUT2D eigenvalue weighted by molar-refractivity contribution is 0.700. The SMILES string of the molecule is Cn1c(CC=Cc2ccccc2)nnc1CSc1nc2sc3c(c2c(=O)[nH]1)CCCC3. The maximum Gasteiger partial charge on any atom is 0.260 e. The molecule has 0 amide bonds. The van der Waals surface area contributed by atoms with E-state index in [-0.39, 0.29) is 5.56 Å². The molecule has 0 radical (unpaired) electrons. The van der Waals surface area contributed by atoms with Crippen molar-refractivity contribution in [3.8, 4) is 0 Å². The van der Waals surface area contributed by atoms with Crippen LogP contribution in [0.3, 0.4) is 0 Å². The molecular weight excluding hydrogens is 426 g/mol. The molecule has 1 aliphatic carbocycles. The normalized spacial score (nSPS) is 13.8. The Morgan fingerprint density at radius 3 is 2.84 bits per heavy atom. The topological polar surface area (TPSA) is 76.5 Å². The fourth-order valence-corrected chi connectivity index (χ4v) is 6.07. The number of H-pyrrole nitrogens is 1. The van der Waals surface area contributed by atoms with E-state index in [0.717, 1.165) is 41.1 Å². The van der Waals surface area contributed by atoms with Gasteiger partial charge in [-0.25, -0.2) is 4.98 Å². The number of aryl methyl sites for hydroxylation is 2. The second-order valence-corrected chi connectivity index (χ2v) is 9.71. The fraction of sp³-hybridized carbons (Fsp3) is 0.304. The van der Waals surface area contributed by atoms with Crippen molar-refractivity contribution in [2.75, 3.05) is 0 Å². The Bertz CT molecular complexity index is 1300. The Morgan fingerprint density at radius 1 is 1.16 bits per heavy atom. The van der Waals surface area contributed by atoms with E-state index in [0.29, 0.717) is 17.3 Å². The molecule has 0 fully saturated rings. The molecule has 6 nitrogen and oxygen atoms in total. The number of aromatic nitrogens is 5. The van der Waals surface area contributed by atoms with Gasteiger partial charge in [-0.1, -0.05) is 54.2 Å². The van der Waals surface area contributed by atoms with Gasteiger partial charge in [0.05, 0.1) is 11.1 Å². The molecule has 0 atom stereocenters. The van der Waals surface area contributed by atoms with Gasteiger partial charge in [0, 0.05) is 18.3 Å². The largest absolute Gasteiger partial charge is 0.317 e. The molecule has 158 valence electrons. The average Bonchev–Trinajstić information content (AvgIpc) is 3.33. The van der Waals surface area contributed by atoms with Crippen LogP contribution >= 0.6 is 23.1 Å². The molecule has 0 bridgehead atoms. The number of allylic oxidation sites excluding steroid dienone is 1. The number of aromatic amines is 1. The summed E-state index contributed by atoms with van der Waals surface area (Å²) in [5.41, 5.74) is 2.37. The second-order valence-electron chi connectivity index (χ2n) is 7.66. The summed E-state index contributed by atoms with van der Waals surface area (Å²) in [6.45, 7) is 0. The van der Waals surface area contributed by atoms with Crippen LogP contribution < -0.4 is 5.56 Å². The highest BCUT2D eigenvalue weighted by Gasteiger charge is 2.20. The fourth-order valence-electron chi connectivity index (χ4n) is 3.91. The minimum absolute atomic E-state index is 0.0170. The molecular formula is C23H23N5OS2. The predicted octanol–water partition coefficient (Wildman–Crippen LogP) is 4.54. The summed E-state index contributed by atoms with van der Waals surface area (Å²) in [7, 11) is 1.98. The summed E-state index contributed by atoms with van der Waals surface area (Å²) in [4.78, 5) is 22.6. The van der Waals surface area contributed by atoms with E-state index in [2.05, 4.69) is 39.5 Å². The van der Waals surface area contributed by atoms with Crippen molar-refractivity contribution in [3.63, 3.8) is 0 Å². The molecule has 31 heavy (non-hydrogen) atoms. The third kappa shape index (κ3) is 4.22. The lowest BCUT2D eigenvalue weighted by Gasteiger charge is -2.09. The van der Waals surface area contributed by atoms with Crippen LogP contribution in [0.4, 0.5) is 0 Å². The summed E-state index contributed by atoms with van der Waals surface area (Å²) in [6, 6.07) is 10.2. The van der Waals surface area contributed by atoms with Gasteiger partial charge >= 0.3 is 0 Å². The van der Waals surface area contributed by atoms with Crippen LogP contribution in [0, 0.1) is 0 Å². The Balaban J connectivity index is 1.28. The highest BCUT2D eigenvalue weighted by atomic mass is 32.2. The summed E-state index contributed by atoms with van der Waals surface area (Å²) in [6.07, 6.45) is 9.32. The second kappa shape index (κ2) is 8.80. The van der Waals surface area contributed by atoms with E-state index in [4.69, 9.17) is 4.98 Å². The van der Waals surface area contributed by atoms with Crippen LogP contribution in [0.1, 0.15) is 40.5 Å². The Hall–Kier alpha value is -2.71. The van der Waals surface area contributed by atoms with Crippen molar-refractivity contribution in [2.45, 2.75) is 43.0 Å². The van der Waals surface area contributed by atoms with Crippen molar-refractivity contribution in [3.05, 3.63) is 74.4 Å². The van der Waals surface area contributed by atoms with E-state index >= 15 is 0 Å². The first-order valence-electron chi connectivity index (χ1n) is 10.4. The monoisotopic (exact) mass is 449 g/mol. The van der Waals surface area contributed by atoms with E-state index in [1.165, 1.54) is 34.2 Å². The molecule has 0 saturated heterocycles. The minimum Gasteiger partial charge on any atom is -0.317 e. The first kappa shape index (κ1) is 20.2. The van der Waals surface area contributed by atoms with Crippen LogP contribution in [0.25, 0.3) is 16.3 Å². The number of rotatable bonds is 6. The Morgan fingerprint density at radius 2 is 1.97 bits per heavy atom. The van der Waals surface area contributed by atoms with Crippen LogP contribution in [0.5, 0.6) is 0 Å². The molecule has 0 saturated carbocycles. The molecule has 1 N–H and O–H groups in total. The van der Waals surface area contributed by atoms with Gasteiger partial charge in [-0.15, -0.1) is 21.5 Å². The standard InChI is InChI=1S/C23H23N5OS2/c1-28-18(13-7-10-15-8-3-2-4-9-15)26-27-19(28)14-30-23-24-21(29)20-16-11-5-6-12-17(16)31-22(20)25-23/h2-4,7-10H,5-6,11-14H2,1H3,(H,24,25,29). The lowest BCUT2D eigenvalue weighted by atomic mass is 9.97. The average molecular weight is 450 g/mol. The molecule has 1 aliphatic rings. The highest BCUT2D eigenvalue weighted by molar-refractivity contribution is 7.98. The number of nitrogens with zero attached hydrogens (tertiary/aromatic N) is 4. The molecule has 3 aromatic heterocycles. The lowest BCUT2D eigenvalue weighted by Crippen LogP contribution is -2.11. The van der Waals surface area contributed by atoms with Crippen LogP contribution in [0.15, 0.2) is 46.4 Å². The van der Waals surface area contributed by atoms with Gasteiger partial charge in [0.25, 0.3) is 5.56 Å². The van der Waals surface area contributed by atoms with Crippen molar-refractivity contribution >= 4 is 39.4 Å². The zero-order valence-electron chi connectivity index (χ0n) is 17.3. The summed E-state index contributed by atoms with van der Waals surface area (Å²) < 4.78 is 2.02. The molecule has 0 aliphatic heterocycles. The number of hydrogen-bond acceptors (Lipinski definition) is 6. The zero-order valence-corrected chi connectivity index (χ0v) is 18.9. The molecule has 8 heteroatoms. The van der Waals surface area contributed by atoms with E-state index in [1.807, 2.05) is 29.8 Å². The molecule has 1 aromatic carbocycles. The van der Waals surface area contributed by atoms with Crippen molar-refractivity contribution in [1.29, 1.82) is 0 Å². The first-order chi connectivity index (χ1) is 15.2. The maximum atomic E-state index is 12.7. The van der Waals surface area contributed by atoms with Crippen molar-refractivity contribution < 1.29 is 0 Å². The molecule has 5 rings (SSSR count). The van der Waals surface area contributed by atoms with Crippen LogP contribution in [-0.4, -0.2) is 24.7 Å². The maximum absolute atomic E-state index is 12.7. The van der Waals surface area contributed by atoms with Crippen LogP contribution in [-0.2, 0) is 32.1 Å². The number of nitrogens with one attached hydrogen (secondary N) is 1. The highest BCUT2D eigenvalue weighted by Crippen LogP contribution is 2.34. The van der Waals surface area contributed by atoms with E-state index in [9.17, 15) is 4.79 Å². The number of benzene rings is 1. The molecule has 4 aromatic rings. The summed E-state index contributed by atoms with van der Waals surface area (Å²) in [5, 5.41) is 10.1. The number of thiophene rings is 1. The van der Waals surface area contributed by atoms with Crippen LogP contribution in [0.2, 0.25) is 0 Å². The quantitative estimate of drug-likeness (QED) is 0.345. The van der Waals surface area contributed by atoms with Crippen molar-refractivity contribution in [2.24, 2.45) is 7.05 Å². The van der Waals surface area contributed by atoms with Gasteiger partial charge in [-0.3, -0.25) is 4.79 Å². The van der Waals surface area contributed by atoms with Gasteiger partial charge in [0.2, 0.25) is 0 Å². The van der Waals surface area contributed by atoms with Gasteiger partial charge < -0.3 is 9.55 Å². The molecule has 0 unspecified atom stereocenters. The Labute approximate surface area is 188 Å². The summed E-state index contributed by atoms with van der Waals surface area (Å²) >= 11 is 3.17. The third-order valence-electron chi connectivity index (χ3n) is 5.61. The van der Waals surface area contributed by atoms with Gasteiger partial charge in [0.15, 0.2) is 5.16 Å². The predicted molar refractivity (Wildman–Crippen MR) is 127 cm³/mol. The Kier molecular flexibility index (Phi) is 5.74. The van der Waals surface area contributed by atoms with Gasteiger partial charge in [0.1, 0.15) is 16.5 Å². The minimum atomic E-state index is -0.0170. The summed E-state index contributed by atoms with van der Waals surface area (Å²) in [5.74, 6) is 2.37. The van der Waals surface area contributed by atoms with Gasteiger partial charge in [-0.05, 0) is 36.8 Å². The van der Waals surface area contributed by atoms with Crippen molar-refractivity contribution in [1.82, 2.24) is 24.7 Å². The zero-order chi connectivity index (χ0) is 21.2. The third-order valence-corrected chi connectivity index (χ3v) is 7.66. The van der Waals surface area contributed by atoms with E-state index < -0.39 is 0 Å².